The first-order valence-corrected chi connectivity index (χ1v) is 11.1. The van der Waals surface area contributed by atoms with Crippen molar-refractivity contribution >= 4 is 28.9 Å². The van der Waals surface area contributed by atoms with Crippen LogP contribution in [0.15, 0.2) is 42.0 Å². The van der Waals surface area contributed by atoms with Gasteiger partial charge in [0.15, 0.2) is 5.78 Å². The van der Waals surface area contributed by atoms with Crippen molar-refractivity contribution in [1.82, 2.24) is 4.57 Å². The van der Waals surface area contributed by atoms with Crippen LogP contribution in [0.1, 0.15) is 64.4 Å². The minimum Gasteiger partial charge on any atom is -0.343 e. The van der Waals surface area contributed by atoms with Crippen LogP contribution in [0.2, 0.25) is 0 Å². The second-order valence-corrected chi connectivity index (χ2v) is 9.36. The molecule has 1 aromatic heterocycles. The summed E-state index contributed by atoms with van der Waals surface area (Å²) in [6.07, 6.45) is 5.39. The molecule has 0 atom stereocenters. The summed E-state index contributed by atoms with van der Waals surface area (Å²) >= 11 is 0. The first kappa shape index (κ1) is 25.0. The highest BCUT2D eigenvalue weighted by Gasteiger charge is 2.35. The molecule has 1 amide bonds. The van der Waals surface area contributed by atoms with Crippen LogP contribution in [0, 0.1) is 32.0 Å². The minimum atomic E-state index is -0.800. The third-order valence-corrected chi connectivity index (χ3v) is 6.38. The van der Waals surface area contributed by atoms with E-state index in [1.54, 1.807) is 64.5 Å². The van der Waals surface area contributed by atoms with Crippen molar-refractivity contribution in [2.24, 2.45) is 12.5 Å². The maximum atomic E-state index is 13.6. The van der Waals surface area contributed by atoms with Crippen LogP contribution in [-0.4, -0.2) is 27.8 Å². The van der Waals surface area contributed by atoms with Gasteiger partial charge in [-0.1, -0.05) is 32.1 Å². The van der Waals surface area contributed by atoms with E-state index in [9.17, 15) is 23.6 Å². The molecule has 0 spiro atoms. The van der Waals surface area contributed by atoms with Crippen molar-refractivity contribution < 1.29 is 23.6 Å². The zero-order chi connectivity index (χ0) is 25.4. The van der Waals surface area contributed by atoms with E-state index in [1.807, 2.05) is 0 Å². The number of hydrogen-bond donors (Lipinski definition) is 1. The van der Waals surface area contributed by atoms with Crippen LogP contribution in [0.25, 0.3) is 0 Å². The molecule has 1 N–H and O–H groups in total. The molecule has 0 aliphatic heterocycles. The van der Waals surface area contributed by atoms with E-state index in [0.29, 0.717) is 28.1 Å². The Balaban J connectivity index is 1.87. The molecule has 178 valence electrons. The summed E-state index contributed by atoms with van der Waals surface area (Å²) in [6.45, 7) is 8.45. The summed E-state index contributed by atoms with van der Waals surface area (Å²) in [7, 11) is 1.65. The van der Waals surface area contributed by atoms with Gasteiger partial charge < -0.3 is 9.88 Å². The molecule has 0 saturated carbocycles. The SMILES string of the molecule is Cc1cc(NC(=O)c2c(C)c(C(=O)C(=O)CC(C)(C)C3=CC=CCC3=O)c(C)n2C)ccc1F. The fourth-order valence-corrected chi connectivity index (χ4v) is 4.41. The van der Waals surface area contributed by atoms with Crippen molar-refractivity contribution in [3.05, 3.63) is 75.9 Å². The molecular formula is C27H29FN2O4. The summed E-state index contributed by atoms with van der Waals surface area (Å²) in [5, 5.41) is 2.73. The number of allylic oxidation sites excluding steroid dienone is 4. The monoisotopic (exact) mass is 464 g/mol. The van der Waals surface area contributed by atoms with Gasteiger partial charge >= 0.3 is 0 Å². The number of nitrogens with one attached hydrogen (secondary N) is 1. The van der Waals surface area contributed by atoms with Crippen LogP contribution in [0.5, 0.6) is 0 Å². The number of benzene rings is 1. The second-order valence-electron chi connectivity index (χ2n) is 9.36. The molecule has 34 heavy (non-hydrogen) atoms. The van der Waals surface area contributed by atoms with Gasteiger partial charge in [0.05, 0.1) is 5.56 Å². The van der Waals surface area contributed by atoms with E-state index in [2.05, 4.69) is 5.32 Å². The number of amides is 1. The highest BCUT2D eigenvalue weighted by atomic mass is 19.1. The number of aromatic nitrogens is 1. The number of anilines is 1. The van der Waals surface area contributed by atoms with Gasteiger partial charge in [-0.25, -0.2) is 4.39 Å². The third kappa shape index (κ3) is 4.69. The van der Waals surface area contributed by atoms with Crippen molar-refractivity contribution in [3.63, 3.8) is 0 Å². The Kier molecular flexibility index (Phi) is 6.87. The third-order valence-electron chi connectivity index (χ3n) is 6.38. The van der Waals surface area contributed by atoms with E-state index in [1.165, 1.54) is 18.2 Å². The van der Waals surface area contributed by atoms with E-state index < -0.39 is 22.9 Å². The van der Waals surface area contributed by atoms with Crippen molar-refractivity contribution in [2.75, 3.05) is 5.32 Å². The summed E-state index contributed by atoms with van der Waals surface area (Å²) in [5.41, 5.74) is 1.85. The van der Waals surface area contributed by atoms with Crippen LogP contribution in [0.3, 0.4) is 0 Å². The lowest BCUT2D eigenvalue weighted by Crippen LogP contribution is -2.29. The summed E-state index contributed by atoms with van der Waals surface area (Å²) in [4.78, 5) is 51.5. The zero-order valence-corrected chi connectivity index (χ0v) is 20.3. The Hall–Kier alpha value is -3.61. The van der Waals surface area contributed by atoms with Gasteiger partial charge in [-0.2, -0.15) is 0 Å². The summed E-state index contributed by atoms with van der Waals surface area (Å²) in [6, 6.07) is 4.25. The number of carbonyl (C=O) groups excluding carboxylic acids is 4. The molecule has 3 rings (SSSR count). The Bertz CT molecular complexity index is 1280. The standard InChI is InChI=1S/C27H29FN2O4/c1-15-13-18(11-12-20(15)28)29-26(34)24-16(2)23(17(3)30(24)6)25(33)22(32)14-27(4,5)19-9-7-8-10-21(19)31/h7-9,11-13H,10,14H2,1-6H3,(H,29,34). The Morgan fingerprint density at radius 2 is 1.82 bits per heavy atom. The Morgan fingerprint density at radius 1 is 1.15 bits per heavy atom. The minimum absolute atomic E-state index is 0.0604. The molecule has 1 aliphatic rings. The average Bonchev–Trinajstić information content (AvgIpc) is 2.98. The molecule has 0 unspecified atom stereocenters. The van der Waals surface area contributed by atoms with Gasteiger partial charge in [0, 0.05) is 42.3 Å². The molecule has 2 aromatic rings. The lowest BCUT2D eigenvalue weighted by Gasteiger charge is -2.27. The number of hydrogen-bond acceptors (Lipinski definition) is 4. The normalized spacial score (nSPS) is 13.6. The topological polar surface area (TPSA) is 85.2 Å². The predicted octanol–water partition coefficient (Wildman–Crippen LogP) is 4.97. The van der Waals surface area contributed by atoms with Crippen LogP contribution >= 0.6 is 0 Å². The fraction of sp³-hybridized carbons (Fsp3) is 0.333. The van der Waals surface area contributed by atoms with E-state index in [0.717, 1.165) is 0 Å². The van der Waals surface area contributed by atoms with E-state index in [-0.39, 0.29) is 35.7 Å². The maximum absolute atomic E-state index is 13.6. The number of aryl methyl sites for hydroxylation is 1. The van der Waals surface area contributed by atoms with Gasteiger partial charge in [0.25, 0.3) is 5.91 Å². The maximum Gasteiger partial charge on any atom is 0.272 e. The van der Waals surface area contributed by atoms with Gasteiger partial charge in [0.1, 0.15) is 11.5 Å². The molecule has 1 heterocycles. The predicted molar refractivity (Wildman–Crippen MR) is 129 cm³/mol. The Labute approximate surface area is 198 Å². The van der Waals surface area contributed by atoms with Crippen molar-refractivity contribution in [3.8, 4) is 0 Å². The molecule has 6 nitrogen and oxygen atoms in total. The fourth-order valence-electron chi connectivity index (χ4n) is 4.41. The first-order chi connectivity index (χ1) is 15.8. The number of ketones is 3. The summed E-state index contributed by atoms with van der Waals surface area (Å²) < 4.78 is 15.1. The lowest BCUT2D eigenvalue weighted by molar-refractivity contribution is -0.117. The molecule has 0 radical (unpaired) electrons. The lowest BCUT2D eigenvalue weighted by atomic mass is 9.75. The largest absolute Gasteiger partial charge is 0.343 e. The molecule has 1 aliphatic carbocycles. The van der Waals surface area contributed by atoms with Gasteiger partial charge in [-0.05, 0) is 50.1 Å². The average molecular weight is 465 g/mol. The van der Waals surface area contributed by atoms with Gasteiger partial charge in [-0.15, -0.1) is 0 Å². The van der Waals surface area contributed by atoms with Crippen LogP contribution in [0.4, 0.5) is 10.1 Å². The van der Waals surface area contributed by atoms with Crippen LogP contribution < -0.4 is 5.32 Å². The molecule has 0 fully saturated rings. The molecular weight excluding hydrogens is 435 g/mol. The number of rotatable bonds is 7. The number of halogens is 1. The van der Waals surface area contributed by atoms with Gasteiger partial charge in [-0.3, -0.25) is 19.2 Å². The summed E-state index contributed by atoms with van der Waals surface area (Å²) in [5.74, 6) is -2.21. The van der Waals surface area contributed by atoms with E-state index >= 15 is 0 Å². The second kappa shape index (κ2) is 9.33. The molecule has 1 aromatic carbocycles. The highest BCUT2D eigenvalue weighted by molar-refractivity contribution is 6.44. The number of carbonyl (C=O) groups is 4. The molecule has 7 heteroatoms. The van der Waals surface area contributed by atoms with Gasteiger partial charge in [0.2, 0.25) is 11.6 Å². The van der Waals surface area contributed by atoms with Crippen LogP contribution in [-0.2, 0) is 16.6 Å². The first-order valence-electron chi connectivity index (χ1n) is 11.1. The number of nitrogens with zero attached hydrogens (tertiary/aromatic N) is 1. The molecule has 0 bridgehead atoms. The Morgan fingerprint density at radius 3 is 2.44 bits per heavy atom. The smallest absolute Gasteiger partial charge is 0.272 e. The quantitative estimate of drug-likeness (QED) is 0.463. The highest BCUT2D eigenvalue weighted by Crippen LogP contribution is 2.34. The zero-order valence-electron chi connectivity index (χ0n) is 20.3. The van der Waals surface area contributed by atoms with E-state index in [4.69, 9.17) is 0 Å². The molecule has 0 saturated heterocycles. The van der Waals surface area contributed by atoms with Crippen molar-refractivity contribution in [1.29, 1.82) is 0 Å². The van der Waals surface area contributed by atoms with Crippen molar-refractivity contribution in [2.45, 2.75) is 47.5 Å². The number of Topliss-reactive ketones (excluding diaryl/α,β-unsaturated/α-hetero) is 3.